The van der Waals surface area contributed by atoms with E-state index in [0.717, 1.165) is 5.56 Å². The van der Waals surface area contributed by atoms with Gasteiger partial charge in [0, 0.05) is 6.42 Å². The number of hydrogen-bond donors (Lipinski definition) is 2. The maximum atomic E-state index is 13.0. The molecule has 0 aliphatic rings. The Balaban J connectivity index is 2.16. The van der Waals surface area contributed by atoms with Gasteiger partial charge in [0.2, 0.25) is 5.82 Å². The lowest BCUT2D eigenvalue weighted by Crippen LogP contribution is -2.32. The summed E-state index contributed by atoms with van der Waals surface area (Å²) in [5.41, 5.74) is 0.853. The zero-order valence-corrected chi connectivity index (χ0v) is 12.4. The number of carbonyl (C=O) groups is 1. The maximum Gasteiger partial charge on any atom is 0.291 e. The molecule has 0 fully saturated rings. The molecule has 5 nitrogen and oxygen atoms in total. The number of carbonyl (C=O) groups excluding carboxylic acids is 1. The predicted octanol–water partition coefficient (Wildman–Crippen LogP) is 2.63. The van der Waals surface area contributed by atoms with Crippen LogP contribution >= 0.6 is 0 Å². The Hall–Kier alpha value is -2.24. The molecule has 2 rings (SSSR count). The smallest absolute Gasteiger partial charge is 0.291 e. The van der Waals surface area contributed by atoms with Gasteiger partial charge < -0.3 is 5.32 Å². The second-order valence-electron chi connectivity index (χ2n) is 5.21. The molecule has 2 aromatic rings. The van der Waals surface area contributed by atoms with Crippen LogP contribution in [-0.4, -0.2) is 21.1 Å². The van der Waals surface area contributed by atoms with Gasteiger partial charge >= 0.3 is 0 Å². The third-order valence-corrected chi connectivity index (χ3v) is 3.25. The van der Waals surface area contributed by atoms with Gasteiger partial charge in [-0.25, -0.2) is 9.37 Å². The summed E-state index contributed by atoms with van der Waals surface area (Å²) in [5.74, 6) is 0.315. The highest BCUT2D eigenvalue weighted by atomic mass is 19.1. The van der Waals surface area contributed by atoms with Gasteiger partial charge in [-0.3, -0.25) is 9.89 Å². The normalized spacial score (nSPS) is 12.4. The van der Waals surface area contributed by atoms with Gasteiger partial charge in [-0.15, -0.1) is 5.10 Å². The fourth-order valence-electron chi connectivity index (χ4n) is 2.07. The fourth-order valence-corrected chi connectivity index (χ4v) is 2.07. The number of amides is 1. The Labute approximate surface area is 123 Å². The zero-order valence-electron chi connectivity index (χ0n) is 12.4. The molecule has 0 spiro atoms. The monoisotopic (exact) mass is 290 g/mol. The van der Waals surface area contributed by atoms with Gasteiger partial charge in [0.1, 0.15) is 11.6 Å². The number of hydrogen-bond acceptors (Lipinski definition) is 3. The summed E-state index contributed by atoms with van der Waals surface area (Å²) in [7, 11) is 0. The van der Waals surface area contributed by atoms with Crippen molar-refractivity contribution >= 4 is 5.91 Å². The van der Waals surface area contributed by atoms with Crippen LogP contribution < -0.4 is 5.32 Å². The SMILES string of the molecule is CCc1nc(C(=O)NC(c2ccc(F)cc2)C(C)C)n[nH]1. The zero-order chi connectivity index (χ0) is 15.4. The molecule has 112 valence electrons. The van der Waals surface area contributed by atoms with Crippen LogP contribution in [0.5, 0.6) is 0 Å². The molecule has 21 heavy (non-hydrogen) atoms. The molecule has 1 atom stereocenters. The Morgan fingerprint density at radius 2 is 2.00 bits per heavy atom. The summed E-state index contributed by atoms with van der Waals surface area (Å²) in [6, 6.07) is 5.91. The van der Waals surface area contributed by atoms with Crippen LogP contribution in [-0.2, 0) is 6.42 Å². The molecule has 6 heteroatoms. The molecule has 0 saturated carbocycles. The molecule has 0 saturated heterocycles. The quantitative estimate of drug-likeness (QED) is 0.889. The van der Waals surface area contributed by atoms with Crippen molar-refractivity contribution in [1.29, 1.82) is 0 Å². The highest BCUT2D eigenvalue weighted by Crippen LogP contribution is 2.22. The molecular weight excluding hydrogens is 271 g/mol. The third-order valence-electron chi connectivity index (χ3n) is 3.25. The second-order valence-corrected chi connectivity index (χ2v) is 5.21. The van der Waals surface area contributed by atoms with Gasteiger partial charge in [-0.1, -0.05) is 32.9 Å². The van der Waals surface area contributed by atoms with E-state index in [0.29, 0.717) is 12.2 Å². The molecule has 1 unspecified atom stereocenters. The van der Waals surface area contributed by atoms with E-state index in [1.54, 1.807) is 12.1 Å². The molecule has 1 amide bonds. The van der Waals surface area contributed by atoms with Crippen LogP contribution in [0.2, 0.25) is 0 Å². The average molecular weight is 290 g/mol. The van der Waals surface area contributed by atoms with E-state index in [1.165, 1.54) is 12.1 Å². The summed E-state index contributed by atoms with van der Waals surface area (Å²) in [4.78, 5) is 16.3. The van der Waals surface area contributed by atoms with E-state index in [-0.39, 0.29) is 29.5 Å². The Kier molecular flexibility index (Phi) is 4.67. The first-order valence-corrected chi connectivity index (χ1v) is 6.98. The number of rotatable bonds is 5. The van der Waals surface area contributed by atoms with Crippen LogP contribution in [0.15, 0.2) is 24.3 Å². The number of benzene rings is 1. The summed E-state index contributed by atoms with van der Waals surface area (Å²) in [5, 5.41) is 9.51. The molecule has 0 bridgehead atoms. The average Bonchev–Trinajstić information content (AvgIpc) is 2.94. The fraction of sp³-hybridized carbons (Fsp3) is 0.400. The van der Waals surface area contributed by atoms with E-state index in [2.05, 4.69) is 20.5 Å². The number of aromatic nitrogens is 3. The number of nitrogens with one attached hydrogen (secondary N) is 2. The van der Waals surface area contributed by atoms with Crippen LogP contribution in [0, 0.1) is 11.7 Å². The van der Waals surface area contributed by atoms with Gasteiger partial charge in [0.05, 0.1) is 6.04 Å². The van der Waals surface area contributed by atoms with Crippen molar-refractivity contribution in [1.82, 2.24) is 20.5 Å². The number of halogens is 1. The van der Waals surface area contributed by atoms with Crippen molar-refractivity contribution in [3.8, 4) is 0 Å². The van der Waals surface area contributed by atoms with Crippen molar-refractivity contribution in [3.05, 3.63) is 47.3 Å². The number of aromatic amines is 1. The third kappa shape index (κ3) is 3.65. The molecule has 0 aliphatic carbocycles. The maximum absolute atomic E-state index is 13.0. The lowest BCUT2D eigenvalue weighted by atomic mass is 9.96. The Morgan fingerprint density at radius 1 is 1.33 bits per heavy atom. The molecule has 1 aromatic carbocycles. The standard InChI is InChI=1S/C15H19FN4O/c1-4-12-17-14(20-19-12)15(21)18-13(9(2)3)10-5-7-11(16)8-6-10/h5-9,13H,4H2,1-3H3,(H,18,21)(H,17,19,20). The van der Waals surface area contributed by atoms with E-state index in [1.807, 2.05) is 20.8 Å². The first kappa shape index (κ1) is 15.2. The van der Waals surface area contributed by atoms with E-state index < -0.39 is 0 Å². The van der Waals surface area contributed by atoms with E-state index in [9.17, 15) is 9.18 Å². The van der Waals surface area contributed by atoms with Gasteiger partial charge in [0.25, 0.3) is 5.91 Å². The van der Waals surface area contributed by atoms with E-state index in [4.69, 9.17) is 0 Å². The largest absolute Gasteiger partial charge is 0.342 e. The lowest BCUT2D eigenvalue weighted by molar-refractivity contribution is 0.0915. The Morgan fingerprint density at radius 3 is 2.52 bits per heavy atom. The molecular formula is C15H19FN4O. The summed E-state index contributed by atoms with van der Waals surface area (Å²) in [6.45, 7) is 5.91. The number of H-pyrrole nitrogens is 1. The van der Waals surface area contributed by atoms with Gasteiger partial charge in [-0.05, 0) is 23.6 Å². The molecule has 1 heterocycles. The van der Waals surface area contributed by atoms with Gasteiger partial charge in [-0.2, -0.15) is 0 Å². The minimum Gasteiger partial charge on any atom is -0.342 e. The summed E-state index contributed by atoms with van der Waals surface area (Å²) >= 11 is 0. The van der Waals surface area contributed by atoms with Crippen LogP contribution in [0.4, 0.5) is 4.39 Å². The molecule has 1 aromatic heterocycles. The van der Waals surface area contributed by atoms with Crippen LogP contribution in [0.3, 0.4) is 0 Å². The van der Waals surface area contributed by atoms with Crippen molar-refractivity contribution < 1.29 is 9.18 Å². The topological polar surface area (TPSA) is 70.7 Å². The number of aryl methyl sites for hydroxylation is 1. The highest BCUT2D eigenvalue weighted by molar-refractivity contribution is 5.90. The predicted molar refractivity (Wildman–Crippen MR) is 77.2 cm³/mol. The Bertz CT molecular complexity index is 606. The molecule has 2 N–H and O–H groups in total. The van der Waals surface area contributed by atoms with Crippen LogP contribution in [0.1, 0.15) is 48.8 Å². The van der Waals surface area contributed by atoms with Crippen LogP contribution in [0.25, 0.3) is 0 Å². The summed E-state index contributed by atoms with van der Waals surface area (Å²) in [6.07, 6.45) is 0.686. The molecule has 0 aliphatic heterocycles. The summed E-state index contributed by atoms with van der Waals surface area (Å²) < 4.78 is 13.0. The van der Waals surface area contributed by atoms with Crippen molar-refractivity contribution in [3.63, 3.8) is 0 Å². The molecule has 0 radical (unpaired) electrons. The lowest BCUT2D eigenvalue weighted by Gasteiger charge is -2.22. The number of nitrogens with zero attached hydrogens (tertiary/aromatic N) is 2. The minimum atomic E-state index is -0.339. The van der Waals surface area contributed by atoms with E-state index >= 15 is 0 Å². The van der Waals surface area contributed by atoms with Crippen molar-refractivity contribution in [2.45, 2.75) is 33.2 Å². The van der Waals surface area contributed by atoms with Gasteiger partial charge in [0.15, 0.2) is 0 Å². The second kappa shape index (κ2) is 6.47. The van der Waals surface area contributed by atoms with Crippen molar-refractivity contribution in [2.24, 2.45) is 5.92 Å². The first-order chi connectivity index (χ1) is 10.0. The highest BCUT2D eigenvalue weighted by Gasteiger charge is 2.21. The van der Waals surface area contributed by atoms with Crippen molar-refractivity contribution in [2.75, 3.05) is 0 Å². The first-order valence-electron chi connectivity index (χ1n) is 6.98. The minimum absolute atomic E-state index is 0.125.